The number of nitrogens with zero attached hydrogens (tertiary/aromatic N) is 2. The molecule has 0 radical (unpaired) electrons. The van der Waals surface area contributed by atoms with E-state index in [0.717, 1.165) is 27.1 Å². The van der Waals surface area contributed by atoms with Gasteiger partial charge in [-0.05, 0) is 55.8 Å². The highest BCUT2D eigenvalue weighted by Gasteiger charge is 2.22. The molecule has 0 spiro atoms. The number of hydrogen-bond acceptors (Lipinski definition) is 4. The maximum atomic E-state index is 12.9. The van der Waals surface area contributed by atoms with Crippen molar-refractivity contribution in [2.45, 2.75) is 25.3 Å². The van der Waals surface area contributed by atoms with Crippen molar-refractivity contribution in [3.8, 4) is 11.4 Å². The van der Waals surface area contributed by atoms with E-state index in [1.165, 1.54) is 14.1 Å². The molecule has 1 amide bonds. The molecule has 0 saturated carbocycles. The Bertz CT molecular complexity index is 1200. The molecule has 1 N–H and O–H groups in total. The Morgan fingerprint density at radius 2 is 1.71 bits per heavy atom. The number of hydrogen-bond donors (Lipinski definition) is 1. The monoisotopic (exact) mass is 441 g/mol. The van der Waals surface area contributed by atoms with Gasteiger partial charge in [-0.3, -0.25) is 4.79 Å². The molecule has 164 valence electrons. The number of aromatic nitrogens is 1. The number of methoxy groups -OCH3 is 1. The van der Waals surface area contributed by atoms with Gasteiger partial charge in [0.2, 0.25) is 10.0 Å². The lowest BCUT2D eigenvalue weighted by Crippen LogP contribution is -2.27. The smallest absolute Gasteiger partial charge is 0.253 e. The van der Waals surface area contributed by atoms with Gasteiger partial charge in [-0.25, -0.2) is 12.7 Å². The van der Waals surface area contributed by atoms with Crippen molar-refractivity contribution in [3.05, 3.63) is 77.1 Å². The minimum absolute atomic E-state index is 0.105. The minimum atomic E-state index is -3.60. The van der Waals surface area contributed by atoms with E-state index in [0.29, 0.717) is 11.1 Å². The molecule has 3 rings (SSSR count). The lowest BCUT2D eigenvalue weighted by atomic mass is 10.2. The Kier molecular flexibility index (Phi) is 6.52. The summed E-state index contributed by atoms with van der Waals surface area (Å²) in [4.78, 5) is 13.1. The zero-order chi connectivity index (χ0) is 22.8. The van der Waals surface area contributed by atoms with Gasteiger partial charge in [-0.2, -0.15) is 0 Å². The molecule has 0 fully saturated rings. The number of benzene rings is 2. The molecule has 2 aromatic carbocycles. The van der Waals surface area contributed by atoms with Gasteiger partial charge in [0, 0.05) is 37.7 Å². The van der Waals surface area contributed by atoms with Crippen molar-refractivity contribution in [2.24, 2.45) is 0 Å². The van der Waals surface area contributed by atoms with Gasteiger partial charge in [-0.15, -0.1) is 0 Å². The van der Waals surface area contributed by atoms with Crippen molar-refractivity contribution in [3.63, 3.8) is 0 Å². The average molecular weight is 442 g/mol. The van der Waals surface area contributed by atoms with Crippen LogP contribution in [0, 0.1) is 13.8 Å². The fraction of sp³-hybridized carbons (Fsp3) is 0.261. The lowest BCUT2D eigenvalue weighted by Gasteiger charge is -2.15. The summed E-state index contributed by atoms with van der Waals surface area (Å²) in [6.07, 6.45) is 0. The Hall–Kier alpha value is -3.10. The highest BCUT2D eigenvalue weighted by atomic mass is 32.2. The minimum Gasteiger partial charge on any atom is -0.497 e. The maximum Gasteiger partial charge on any atom is 0.253 e. The van der Waals surface area contributed by atoms with Gasteiger partial charge in [0.05, 0.1) is 17.6 Å². The normalized spacial score (nSPS) is 11.5. The van der Waals surface area contributed by atoms with Crippen molar-refractivity contribution in [2.75, 3.05) is 21.2 Å². The second-order valence-electron chi connectivity index (χ2n) is 7.40. The van der Waals surface area contributed by atoms with Gasteiger partial charge in [-0.1, -0.05) is 18.2 Å². The topological polar surface area (TPSA) is 80.6 Å². The van der Waals surface area contributed by atoms with Gasteiger partial charge < -0.3 is 14.6 Å². The highest BCUT2D eigenvalue weighted by molar-refractivity contribution is 7.89. The molecular formula is C23H27N3O4S. The van der Waals surface area contributed by atoms with Crippen LogP contribution in [0.25, 0.3) is 5.69 Å². The molecule has 0 aliphatic rings. The van der Waals surface area contributed by atoms with Crippen LogP contribution in [0.2, 0.25) is 0 Å². The van der Waals surface area contributed by atoms with Crippen LogP contribution in [0.15, 0.2) is 59.5 Å². The van der Waals surface area contributed by atoms with E-state index in [1.807, 2.05) is 48.7 Å². The molecule has 0 saturated heterocycles. The number of amides is 1. The van der Waals surface area contributed by atoms with E-state index in [4.69, 9.17) is 4.74 Å². The quantitative estimate of drug-likeness (QED) is 0.610. The average Bonchev–Trinajstić information content (AvgIpc) is 3.06. The fourth-order valence-corrected chi connectivity index (χ4v) is 4.61. The van der Waals surface area contributed by atoms with Crippen molar-refractivity contribution in [1.29, 1.82) is 0 Å². The molecule has 1 heterocycles. The summed E-state index contributed by atoms with van der Waals surface area (Å²) in [6.45, 7) is 3.93. The van der Waals surface area contributed by atoms with Gasteiger partial charge in [0.15, 0.2) is 0 Å². The summed E-state index contributed by atoms with van der Waals surface area (Å²) in [5.74, 6) is 0.500. The second kappa shape index (κ2) is 8.95. The third-order valence-corrected chi connectivity index (χ3v) is 7.09. The molecule has 0 aliphatic carbocycles. The van der Waals surface area contributed by atoms with Crippen LogP contribution in [0.3, 0.4) is 0 Å². The fourth-order valence-electron chi connectivity index (χ4n) is 3.49. The number of carbonyl (C=O) groups is 1. The van der Waals surface area contributed by atoms with Crippen molar-refractivity contribution in [1.82, 2.24) is 14.2 Å². The lowest BCUT2D eigenvalue weighted by molar-refractivity contribution is 0.0950. The highest BCUT2D eigenvalue weighted by Crippen LogP contribution is 2.23. The van der Waals surface area contributed by atoms with Crippen LogP contribution in [-0.4, -0.2) is 44.4 Å². The molecule has 7 nitrogen and oxygen atoms in total. The van der Waals surface area contributed by atoms with Crippen LogP contribution in [0.4, 0.5) is 0 Å². The number of ether oxygens (including phenoxy) is 1. The molecule has 0 unspecified atom stereocenters. The SMILES string of the molecule is COc1ccc(-n2c(C)cc(C(=O)NCc3ccccc3S(=O)(=O)N(C)C)c2C)cc1. The van der Waals surface area contributed by atoms with E-state index in [2.05, 4.69) is 5.32 Å². The van der Waals surface area contributed by atoms with Gasteiger partial charge >= 0.3 is 0 Å². The van der Waals surface area contributed by atoms with Crippen LogP contribution >= 0.6 is 0 Å². The molecule has 31 heavy (non-hydrogen) atoms. The van der Waals surface area contributed by atoms with Crippen molar-refractivity contribution < 1.29 is 17.9 Å². The van der Waals surface area contributed by atoms with E-state index in [-0.39, 0.29) is 17.3 Å². The van der Waals surface area contributed by atoms with E-state index in [1.54, 1.807) is 31.4 Å². The third-order valence-electron chi connectivity index (χ3n) is 5.18. The summed E-state index contributed by atoms with van der Waals surface area (Å²) in [5, 5.41) is 2.86. The molecule has 8 heteroatoms. The number of carbonyl (C=O) groups excluding carboxylic acids is 1. The van der Waals surface area contributed by atoms with E-state index in [9.17, 15) is 13.2 Å². The Morgan fingerprint density at radius 1 is 1.06 bits per heavy atom. The maximum absolute atomic E-state index is 12.9. The molecule has 1 aromatic heterocycles. The molecular weight excluding hydrogens is 414 g/mol. The molecule has 0 aliphatic heterocycles. The molecule has 0 bridgehead atoms. The first kappa shape index (κ1) is 22.6. The number of sulfonamides is 1. The van der Waals surface area contributed by atoms with Crippen LogP contribution < -0.4 is 10.1 Å². The predicted octanol–water partition coefficient (Wildman–Crippen LogP) is 3.28. The summed E-state index contributed by atoms with van der Waals surface area (Å²) in [7, 11) is 0.981. The van der Waals surface area contributed by atoms with Crippen LogP contribution in [-0.2, 0) is 16.6 Å². The van der Waals surface area contributed by atoms with Crippen molar-refractivity contribution >= 4 is 15.9 Å². The second-order valence-corrected chi connectivity index (χ2v) is 9.52. The summed E-state index contributed by atoms with van der Waals surface area (Å²) < 4.78 is 33.5. The number of nitrogens with one attached hydrogen (secondary N) is 1. The first-order valence-electron chi connectivity index (χ1n) is 9.78. The zero-order valence-corrected chi connectivity index (χ0v) is 19.2. The van der Waals surface area contributed by atoms with Gasteiger partial charge in [0.25, 0.3) is 5.91 Å². The first-order chi connectivity index (χ1) is 14.7. The standard InChI is InChI=1S/C23H27N3O4S/c1-16-14-21(17(2)26(16)19-10-12-20(30-5)13-11-19)23(27)24-15-18-8-6-7-9-22(18)31(28,29)25(3)4/h6-14H,15H2,1-5H3,(H,24,27). The van der Waals surface area contributed by atoms with E-state index < -0.39 is 10.0 Å². The zero-order valence-electron chi connectivity index (χ0n) is 18.3. The van der Waals surface area contributed by atoms with Gasteiger partial charge in [0.1, 0.15) is 5.75 Å². The Labute approximate surface area is 183 Å². The van der Waals surface area contributed by atoms with Crippen LogP contribution in [0.5, 0.6) is 5.75 Å². The third kappa shape index (κ3) is 4.50. The van der Waals surface area contributed by atoms with Crippen LogP contribution in [0.1, 0.15) is 27.3 Å². The molecule has 3 aromatic rings. The largest absolute Gasteiger partial charge is 0.497 e. The molecule has 0 atom stereocenters. The summed E-state index contributed by atoms with van der Waals surface area (Å²) in [6, 6.07) is 16.1. The number of rotatable bonds is 7. The summed E-state index contributed by atoms with van der Waals surface area (Å²) >= 11 is 0. The summed E-state index contributed by atoms with van der Waals surface area (Å²) in [5.41, 5.74) is 3.73. The number of aryl methyl sites for hydroxylation is 1. The Balaban J connectivity index is 1.85. The first-order valence-corrected chi connectivity index (χ1v) is 11.2. The predicted molar refractivity (Wildman–Crippen MR) is 120 cm³/mol. The Morgan fingerprint density at radius 3 is 2.32 bits per heavy atom. The van der Waals surface area contributed by atoms with E-state index >= 15 is 0 Å².